The molecule has 2 heterocycles. The molecule has 5 rings (SSSR count). The third-order valence-corrected chi connectivity index (χ3v) is 8.49. The van der Waals surface area contributed by atoms with Crippen LogP contribution in [0.4, 0.5) is 0 Å². The van der Waals surface area contributed by atoms with Gasteiger partial charge in [-0.1, -0.05) is 56.3 Å². The summed E-state index contributed by atoms with van der Waals surface area (Å²) in [6, 6.07) is 24.7. The zero-order valence-corrected chi connectivity index (χ0v) is 21.4. The molecule has 184 valence electrons. The summed E-state index contributed by atoms with van der Waals surface area (Å²) in [5.41, 5.74) is 1.43. The zero-order valence-electron chi connectivity index (χ0n) is 19.6. The minimum absolute atomic E-state index is 0.220. The lowest BCUT2D eigenvalue weighted by molar-refractivity contribution is -0.0902. The van der Waals surface area contributed by atoms with Crippen molar-refractivity contribution in [2.24, 2.45) is 0 Å². The molecule has 1 unspecified atom stereocenters. The van der Waals surface area contributed by atoms with E-state index in [1.165, 1.54) is 0 Å². The molecule has 1 spiro atoms. The predicted molar refractivity (Wildman–Crippen MR) is 135 cm³/mol. The quantitative estimate of drug-likeness (QED) is 0.361. The number of para-hydroxylation sites is 1. The first kappa shape index (κ1) is 24.5. The molecule has 35 heavy (non-hydrogen) atoms. The van der Waals surface area contributed by atoms with Gasteiger partial charge in [-0.05, 0) is 47.5 Å². The van der Waals surface area contributed by atoms with E-state index in [0.29, 0.717) is 37.7 Å². The molecule has 7 nitrogen and oxygen atoms in total. The van der Waals surface area contributed by atoms with Crippen LogP contribution in [0.5, 0.6) is 17.2 Å². The number of rotatable bonds is 6. The maximum atomic E-state index is 9.58. The van der Waals surface area contributed by atoms with Crippen molar-refractivity contribution in [1.82, 2.24) is 0 Å². The van der Waals surface area contributed by atoms with Gasteiger partial charge in [0, 0.05) is 11.8 Å². The molecule has 2 aliphatic heterocycles. The second-order valence-corrected chi connectivity index (χ2v) is 11.3. The van der Waals surface area contributed by atoms with Gasteiger partial charge in [0.1, 0.15) is 22.8 Å². The van der Waals surface area contributed by atoms with Gasteiger partial charge in [0.05, 0.1) is 19.8 Å². The molecule has 0 amide bonds. The second kappa shape index (κ2) is 10.4. The van der Waals surface area contributed by atoms with Gasteiger partial charge in [0.15, 0.2) is 0 Å². The van der Waals surface area contributed by atoms with Crippen LogP contribution in [-0.2, 0) is 23.5 Å². The van der Waals surface area contributed by atoms with Crippen molar-refractivity contribution >= 4 is 17.2 Å². The summed E-state index contributed by atoms with van der Waals surface area (Å²) < 4.78 is 35.5. The van der Waals surface area contributed by atoms with E-state index < -0.39 is 22.8 Å². The number of hydrogen-bond donors (Lipinski definition) is 1. The summed E-state index contributed by atoms with van der Waals surface area (Å²) in [4.78, 5) is 0. The number of hydrogen-bond acceptors (Lipinski definition) is 7. The Bertz CT molecular complexity index is 1100. The van der Waals surface area contributed by atoms with Crippen molar-refractivity contribution in [2.75, 3.05) is 19.8 Å². The normalized spacial score (nSPS) is 24.7. The van der Waals surface area contributed by atoms with Crippen LogP contribution in [0.2, 0.25) is 0 Å². The van der Waals surface area contributed by atoms with E-state index >= 15 is 0 Å². The van der Waals surface area contributed by atoms with Crippen LogP contribution in [0.3, 0.4) is 0 Å². The first-order chi connectivity index (χ1) is 16.9. The summed E-state index contributed by atoms with van der Waals surface area (Å²) in [6.45, 7) is 5.52. The third kappa shape index (κ3) is 5.78. The highest BCUT2D eigenvalue weighted by Crippen LogP contribution is 2.54. The Hall–Kier alpha value is -2.24. The molecule has 1 N–H and O–H groups in total. The largest absolute Gasteiger partial charge is 0.508 e. The van der Waals surface area contributed by atoms with Gasteiger partial charge in [-0.25, -0.2) is 0 Å². The number of aromatic hydroxyl groups is 1. The van der Waals surface area contributed by atoms with Gasteiger partial charge in [-0.2, -0.15) is 0 Å². The average Bonchev–Trinajstić information content (AvgIpc) is 2.87. The van der Waals surface area contributed by atoms with Crippen LogP contribution < -0.4 is 9.05 Å². The first-order valence-electron chi connectivity index (χ1n) is 11.4. The Labute approximate surface area is 207 Å². The monoisotopic (exact) mass is 514 g/mol. The van der Waals surface area contributed by atoms with Crippen LogP contribution in [-0.4, -0.2) is 30.5 Å². The Morgan fingerprint density at radius 1 is 0.743 bits per heavy atom. The number of benzene rings is 3. The van der Waals surface area contributed by atoms with Crippen molar-refractivity contribution in [3.63, 3.8) is 0 Å². The summed E-state index contributed by atoms with van der Waals surface area (Å²) in [5, 5.41) is 9.58. The van der Waals surface area contributed by atoms with Crippen LogP contribution in [0.15, 0.2) is 78.9 Å². The molecular weight excluding hydrogens is 486 g/mol. The maximum Gasteiger partial charge on any atom is 0.397 e. The summed E-state index contributed by atoms with van der Waals surface area (Å²) >= 11 is 0. The van der Waals surface area contributed by atoms with Crippen molar-refractivity contribution in [2.45, 2.75) is 31.3 Å². The summed E-state index contributed by atoms with van der Waals surface area (Å²) in [6.07, 6.45) is 0.661. The highest BCUT2D eigenvalue weighted by molar-refractivity contribution is 7.42. The van der Waals surface area contributed by atoms with Crippen molar-refractivity contribution in [3.8, 4) is 17.2 Å². The van der Waals surface area contributed by atoms with Gasteiger partial charge in [-0.15, -0.1) is 0 Å². The molecule has 2 fully saturated rings. The predicted octanol–water partition coefficient (Wildman–Crippen LogP) is 6.85. The fourth-order valence-electron chi connectivity index (χ4n) is 3.88. The van der Waals surface area contributed by atoms with E-state index in [1.807, 2.05) is 66.7 Å². The van der Waals surface area contributed by atoms with Gasteiger partial charge in [-0.3, -0.25) is 13.6 Å². The highest BCUT2D eigenvalue weighted by atomic mass is 31.2. The van der Waals surface area contributed by atoms with Crippen LogP contribution in [0.1, 0.15) is 31.4 Å². The molecule has 0 radical (unpaired) electrons. The average molecular weight is 514 g/mol. The van der Waals surface area contributed by atoms with Gasteiger partial charge >= 0.3 is 17.2 Å². The zero-order chi connectivity index (χ0) is 24.3. The molecule has 3 aromatic rings. The maximum absolute atomic E-state index is 9.58. The van der Waals surface area contributed by atoms with Crippen LogP contribution in [0.25, 0.3) is 0 Å². The van der Waals surface area contributed by atoms with E-state index in [0.717, 1.165) is 11.1 Å². The Kier molecular flexibility index (Phi) is 7.26. The van der Waals surface area contributed by atoms with Gasteiger partial charge < -0.3 is 18.7 Å². The first-order valence-corrected chi connectivity index (χ1v) is 13.6. The van der Waals surface area contributed by atoms with Gasteiger partial charge in [0.25, 0.3) is 0 Å². The van der Waals surface area contributed by atoms with E-state index in [2.05, 4.69) is 13.8 Å². The van der Waals surface area contributed by atoms with Gasteiger partial charge in [0.2, 0.25) is 0 Å². The summed E-state index contributed by atoms with van der Waals surface area (Å²) in [7, 11) is -3.05. The van der Waals surface area contributed by atoms with Crippen LogP contribution in [0, 0.1) is 0 Å². The molecule has 0 saturated carbocycles. The number of phenolic OH excluding ortho intramolecular Hbond substituents is 1. The van der Waals surface area contributed by atoms with Crippen molar-refractivity contribution < 1.29 is 32.2 Å². The fraction of sp³-hybridized carbons (Fsp3) is 0.308. The van der Waals surface area contributed by atoms with Crippen LogP contribution >= 0.6 is 17.2 Å². The molecule has 0 aromatic heterocycles. The van der Waals surface area contributed by atoms with E-state index in [1.54, 1.807) is 12.1 Å². The SMILES string of the molecule is CC(C)(c1ccc(O)cc1)c1ccc(OP2OCC3(CCOP(Oc4ccccc4)O3)CO2)cc1. The van der Waals surface area contributed by atoms with Crippen molar-refractivity contribution in [3.05, 3.63) is 90.0 Å². The third-order valence-electron chi connectivity index (χ3n) is 6.16. The smallest absolute Gasteiger partial charge is 0.397 e. The fourth-order valence-corrected chi connectivity index (χ4v) is 6.23. The van der Waals surface area contributed by atoms with E-state index in [9.17, 15) is 5.11 Å². The molecule has 0 bridgehead atoms. The lowest BCUT2D eigenvalue weighted by Gasteiger charge is -2.41. The molecule has 3 aromatic carbocycles. The lowest BCUT2D eigenvalue weighted by Crippen LogP contribution is -2.47. The molecular formula is C26H28O7P2. The topological polar surface area (TPSA) is 75.6 Å². The molecule has 9 heteroatoms. The molecule has 1 atom stereocenters. The minimum Gasteiger partial charge on any atom is -0.508 e. The highest BCUT2D eigenvalue weighted by Gasteiger charge is 2.46. The minimum atomic E-state index is -1.53. The van der Waals surface area contributed by atoms with E-state index in [-0.39, 0.29) is 11.2 Å². The Morgan fingerprint density at radius 2 is 1.31 bits per heavy atom. The standard InChI is InChI=1S/C26H28O7P2/c1-25(2,20-8-12-22(27)13-9-20)21-10-14-24(15-11-21)31-34-29-18-26(19-30-34)16-17-28-35(33-26)32-23-6-4-3-5-7-23/h3-15,27H,16-19H2,1-2H3. The number of phenols is 1. The second-order valence-electron chi connectivity index (χ2n) is 9.04. The Balaban J connectivity index is 1.16. The molecule has 2 saturated heterocycles. The Morgan fingerprint density at radius 3 is 1.97 bits per heavy atom. The molecule has 0 aliphatic carbocycles. The van der Waals surface area contributed by atoms with E-state index in [4.69, 9.17) is 27.1 Å². The molecule has 2 aliphatic rings. The summed E-state index contributed by atoms with van der Waals surface area (Å²) in [5.74, 6) is 1.65. The van der Waals surface area contributed by atoms with Crippen molar-refractivity contribution in [1.29, 1.82) is 0 Å². The lowest BCUT2D eigenvalue weighted by atomic mass is 9.78.